The molecule has 3 aromatic rings. The molecule has 2 amide bonds. The van der Waals surface area contributed by atoms with Crippen molar-refractivity contribution in [2.24, 2.45) is 10.2 Å². The molecule has 1 aromatic heterocycles. The summed E-state index contributed by atoms with van der Waals surface area (Å²) in [4.78, 5) is 29.6. The molecule has 0 bridgehead atoms. The van der Waals surface area contributed by atoms with Crippen LogP contribution in [0.3, 0.4) is 0 Å². The number of amides is 2. The predicted octanol–water partition coefficient (Wildman–Crippen LogP) is 3.24. The Morgan fingerprint density at radius 3 is 1.47 bits per heavy atom. The van der Waals surface area contributed by atoms with Crippen LogP contribution in [0.4, 0.5) is 0 Å². The summed E-state index contributed by atoms with van der Waals surface area (Å²) >= 11 is 0. The maximum atomic E-state index is 12.6. The molecule has 2 N–H and O–H groups in total. The van der Waals surface area contributed by atoms with Crippen LogP contribution >= 0.6 is 0 Å². The molecular formula is C25H25N5O4. The second-order valence-corrected chi connectivity index (χ2v) is 7.20. The van der Waals surface area contributed by atoms with Crippen LogP contribution in [0, 0.1) is 13.8 Å². The van der Waals surface area contributed by atoms with Gasteiger partial charge in [0.2, 0.25) is 0 Å². The minimum atomic E-state index is -0.481. The summed E-state index contributed by atoms with van der Waals surface area (Å²) in [7, 11) is 3.17. The molecule has 174 valence electrons. The van der Waals surface area contributed by atoms with Crippen LogP contribution in [0.2, 0.25) is 0 Å². The lowest BCUT2D eigenvalue weighted by atomic mass is 10.1. The number of nitrogens with one attached hydrogen (secondary N) is 2. The number of hydrogen-bond donors (Lipinski definition) is 2. The lowest BCUT2D eigenvalue weighted by Crippen LogP contribution is -2.23. The third-order valence-corrected chi connectivity index (χ3v) is 4.88. The number of hydrogen-bond acceptors (Lipinski definition) is 7. The molecule has 0 aliphatic heterocycles. The number of carbonyl (C=O) groups excluding carboxylic acids is 2. The maximum absolute atomic E-state index is 12.6. The van der Waals surface area contributed by atoms with Crippen LogP contribution in [0.25, 0.3) is 0 Å². The molecule has 0 aliphatic rings. The van der Waals surface area contributed by atoms with Gasteiger partial charge >= 0.3 is 0 Å². The molecule has 1 heterocycles. The molecule has 0 radical (unpaired) electrons. The molecule has 0 aliphatic carbocycles. The van der Waals surface area contributed by atoms with Gasteiger partial charge in [-0.15, -0.1) is 0 Å². The smallest absolute Gasteiger partial charge is 0.273 e. The molecular weight excluding hydrogens is 434 g/mol. The van der Waals surface area contributed by atoms with Gasteiger partial charge in [-0.05, 0) is 79.6 Å². The van der Waals surface area contributed by atoms with Crippen LogP contribution in [0.15, 0.2) is 64.8 Å². The molecule has 2 aromatic carbocycles. The van der Waals surface area contributed by atoms with E-state index in [1.165, 1.54) is 18.5 Å². The number of aryl methyl sites for hydroxylation is 2. The number of nitrogens with zero attached hydrogens (tertiary/aromatic N) is 3. The van der Waals surface area contributed by atoms with Gasteiger partial charge in [-0.3, -0.25) is 14.6 Å². The number of ether oxygens (including phenoxy) is 2. The zero-order valence-corrected chi connectivity index (χ0v) is 19.3. The molecule has 9 nitrogen and oxygen atoms in total. The van der Waals surface area contributed by atoms with Gasteiger partial charge in [-0.1, -0.05) is 0 Å². The molecule has 0 atom stereocenters. The van der Waals surface area contributed by atoms with Gasteiger partial charge in [-0.2, -0.15) is 10.2 Å². The molecule has 0 saturated heterocycles. The van der Waals surface area contributed by atoms with Gasteiger partial charge in [0.25, 0.3) is 11.8 Å². The molecule has 0 fully saturated rings. The molecule has 9 heteroatoms. The fourth-order valence-electron chi connectivity index (χ4n) is 3.02. The summed E-state index contributed by atoms with van der Waals surface area (Å²) in [5, 5.41) is 7.96. The molecule has 3 rings (SSSR count). The number of pyridine rings is 1. The first-order chi connectivity index (χ1) is 16.4. The Balaban J connectivity index is 1.67. The van der Waals surface area contributed by atoms with E-state index in [2.05, 4.69) is 26.0 Å². The maximum Gasteiger partial charge on any atom is 0.273 e. The quantitative estimate of drug-likeness (QED) is 0.396. The third kappa shape index (κ3) is 6.26. The monoisotopic (exact) mass is 459 g/mol. The standard InChI is InChI=1S/C25H25N5O4/c1-16-22(24(31)29-26-14-18-5-9-20(33-3)10-6-18)13-23(17(2)28-16)25(32)30-27-15-19-7-11-21(34-4)12-8-19/h5-15H,1-4H3,(H,29,31)(H,30,32)/b26-14+,27-15+. The number of carbonyl (C=O) groups is 2. The largest absolute Gasteiger partial charge is 0.497 e. The van der Waals surface area contributed by atoms with Crippen LogP contribution in [-0.2, 0) is 0 Å². The second kappa shape index (κ2) is 11.4. The van der Waals surface area contributed by atoms with E-state index in [1.54, 1.807) is 52.3 Å². The molecule has 34 heavy (non-hydrogen) atoms. The van der Waals surface area contributed by atoms with E-state index in [0.717, 1.165) is 22.6 Å². The summed E-state index contributed by atoms with van der Waals surface area (Å²) in [6.45, 7) is 3.39. The van der Waals surface area contributed by atoms with Gasteiger partial charge in [-0.25, -0.2) is 10.9 Å². The predicted molar refractivity (Wildman–Crippen MR) is 130 cm³/mol. The summed E-state index contributed by atoms with van der Waals surface area (Å²) < 4.78 is 10.2. The van der Waals surface area contributed by atoms with Crippen molar-refractivity contribution >= 4 is 24.2 Å². The first-order valence-electron chi connectivity index (χ1n) is 10.3. The van der Waals surface area contributed by atoms with Gasteiger partial charge in [0.15, 0.2) is 0 Å². The van der Waals surface area contributed by atoms with E-state index >= 15 is 0 Å². The number of hydrazone groups is 2. The highest BCUT2D eigenvalue weighted by molar-refractivity contribution is 6.01. The average molecular weight is 460 g/mol. The lowest BCUT2D eigenvalue weighted by molar-refractivity contribution is 0.0954. The van der Waals surface area contributed by atoms with Gasteiger partial charge in [0.05, 0.1) is 49.2 Å². The van der Waals surface area contributed by atoms with Crippen molar-refractivity contribution in [3.05, 3.63) is 88.2 Å². The fraction of sp³-hybridized carbons (Fsp3) is 0.160. The van der Waals surface area contributed by atoms with Crippen LogP contribution < -0.4 is 20.3 Å². The van der Waals surface area contributed by atoms with E-state index in [-0.39, 0.29) is 11.1 Å². The highest BCUT2D eigenvalue weighted by atomic mass is 16.5. The Morgan fingerprint density at radius 1 is 0.735 bits per heavy atom. The number of rotatable bonds is 8. The summed E-state index contributed by atoms with van der Waals surface area (Å²) in [5.74, 6) is 0.486. The van der Waals surface area contributed by atoms with E-state index in [1.807, 2.05) is 24.3 Å². The number of aromatic nitrogens is 1. The van der Waals surface area contributed by atoms with E-state index < -0.39 is 11.8 Å². The molecule has 0 unspecified atom stereocenters. The molecule has 0 saturated carbocycles. The van der Waals surface area contributed by atoms with Gasteiger partial charge < -0.3 is 9.47 Å². The van der Waals surface area contributed by atoms with Gasteiger partial charge in [0.1, 0.15) is 11.5 Å². The second-order valence-electron chi connectivity index (χ2n) is 7.20. The van der Waals surface area contributed by atoms with Crippen molar-refractivity contribution in [3.63, 3.8) is 0 Å². The Morgan fingerprint density at radius 2 is 1.12 bits per heavy atom. The van der Waals surface area contributed by atoms with Crippen molar-refractivity contribution in [3.8, 4) is 11.5 Å². The third-order valence-electron chi connectivity index (χ3n) is 4.88. The topological polar surface area (TPSA) is 114 Å². The Bertz CT molecular complexity index is 1130. The van der Waals surface area contributed by atoms with Crippen molar-refractivity contribution < 1.29 is 19.1 Å². The van der Waals surface area contributed by atoms with Crippen molar-refractivity contribution in [2.75, 3.05) is 14.2 Å². The normalized spacial score (nSPS) is 10.9. The summed E-state index contributed by atoms with van der Waals surface area (Å²) in [6, 6.07) is 15.9. The van der Waals surface area contributed by atoms with E-state index in [0.29, 0.717) is 11.4 Å². The van der Waals surface area contributed by atoms with Crippen molar-refractivity contribution in [1.82, 2.24) is 15.8 Å². The molecule has 0 spiro atoms. The minimum absolute atomic E-state index is 0.238. The SMILES string of the molecule is COc1ccc(/C=N/NC(=O)c2cc(C(=O)N/N=C/c3ccc(OC)cc3)c(C)nc2C)cc1. The summed E-state index contributed by atoms with van der Waals surface area (Å²) in [5.41, 5.74) is 7.94. The fourth-order valence-corrected chi connectivity index (χ4v) is 3.02. The summed E-state index contributed by atoms with van der Waals surface area (Å²) in [6.07, 6.45) is 3.02. The minimum Gasteiger partial charge on any atom is -0.497 e. The van der Waals surface area contributed by atoms with Crippen molar-refractivity contribution in [2.45, 2.75) is 13.8 Å². The highest BCUT2D eigenvalue weighted by Crippen LogP contribution is 2.14. The number of benzene rings is 2. The first-order valence-corrected chi connectivity index (χ1v) is 10.3. The Labute approximate surface area is 197 Å². The van der Waals surface area contributed by atoms with Crippen LogP contribution in [-0.4, -0.2) is 43.4 Å². The van der Waals surface area contributed by atoms with Crippen LogP contribution in [0.5, 0.6) is 11.5 Å². The zero-order valence-electron chi connectivity index (χ0n) is 19.3. The first kappa shape index (κ1) is 24.1. The lowest BCUT2D eigenvalue weighted by Gasteiger charge is -2.09. The van der Waals surface area contributed by atoms with Gasteiger partial charge in [0, 0.05) is 0 Å². The van der Waals surface area contributed by atoms with E-state index in [4.69, 9.17) is 9.47 Å². The van der Waals surface area contributed by atoms with Crippen molar-refractivity contribution in [1.29, 1.82) is 0 Å². The Hall–Kier alpha value is -4.53. The zero-order chi connectivity index (χ0) is 24.5. The highest BCUT2D eigenvalue weighted by Gasteiger charge is 2.17. The Kier molecular flexibility index (Phi) is 8.07. The number of methoxy groups -OCH3 is 2. The van der Waals surface area contributed by atoms with Crippen LogP contribution in [0.1, 0.15) is 43.2 Å². The van der Waals surface area contributed by atoms with E-state index in [9.17, 15) is 9.59 Å². The average Bonchev–Trinajstić information content (AvgIpc) is 2.84.